The first-order valence-electron chi connectivity index (χ1n) is 5.02. The highest BCUT2D eigenvalue weighted by Crippen LogP contribution is 2.31. The van der Waals surface area contributed by atoms with Crippen LogP contribution in [0.5, 0.6) is 0 Å². The summed E-state index contributed by atoms with van der Waals surface area (Å²) in [7, 11) is 0. The number of amides is 1. The van der Waals surface area contributed by atoms with Gasteiger partial charge >= 0.3 is 0 Å². The molecule has 0 spiro atoms. The van der Waals surface area contributed by atoms with Crippen LogP contribution in [0.2, 0.25) is 0 Å². The van der Waals surface area contributed by atoms with Gasteiger partial charge in [0, 0.05) is 24.8 Å². The minimum atomic E-state index is -1.51. The van der Waals surface area contributed by atoms with E-state index in [0.717, 1.165) is 0 Å². The van der Waals surface area contributed by atoms with Crippen LogP contribution in [0.25, 0.3) is 0 Å². The first-order valence-corrected chi connectivity index (χ1v) is 6.88. The quantitative estimate of drug-likeness (QED) is 0.787. The summed E-state index contributed by atoms with van der Waals surface area (Å²) in [6, 6.07) is 0. The zero-order valence-electron chi connectivity index (χ0n) is 9.40. The van der Waals surface area contributed by atoms with Gasteiger partial charge in [0.25, 0.3) is 5.91 Å². The molecule has 17 heavy (non-hydrogen) atoms. The van der Waals surface area contributed by atoms with Crippen LogP contribution in [0, 0.1) is 0 Å². The molecular formula is C9H12ClN3O3S. The molecule has 0 bridgehead atoms. The average Bonchev–Trinajstić information content (AvgIpc) is 2.84. The minimum absolute atomic E-state index is 0.257. The van der Waals surface area contributed by atoms with Gasteiger partial charge in [0.05, 0.1) is 5.03 Å². The molecule has 1 N–H and O–H groups in total. The Morgan fingerprint density at radius 1 is 1.65 bits per heavy atom. The predicted molar refractivity (Wildman–Crippen MR) is 64.4 cm³/mol. The molecule has 0 saturated heterocycles. The van der Waals surface area contributed by atoms with Crippen molar-refractivity contribution >= 4 is 34.4 Å². The van der Waals surface area contributed by atoms with Crippen LogP contribution in [-0.4, -0.2) is 39.9 Å². The van der Waals surface area contributed by atoms with Crippen molar-refractivity contribution in [2.75, 3.05) is 12.8 Å². The Kier molecular flexibility index (Phi) is 3.50. The molecule has 0 aliphatic carbocycles. The van der Waals surface area contributed by atoms with E-state index < -0.39 is 17.3 Å². The summed E-state index contributed by atoms with van der Waals surface area (Å²) in [5.41, 5.74) is 3.17. The largest absolute Gasteiger partial charge is 0.308 e. The van der Waals surface area contributed by atoms with Crippen molar-refractivity contribution in [2.24, 2.45) is 5.10 Å². The van der Waals surface area contributed by atoms with E-state index in [4.69, 9.17) is 15.8 Å². The summed E-state index contributed by atoms with van der Waals surface area (Å²) < 4.78 is 16.3. The monoisotopic (exact) mass is 277 g/mol. The van der Waals surface area contributed by atoms with E-state index in [1.54, 1.807) is 6.92 Å². The summed E-state index contributed by atoms with van der Waals surface area (Å²) >= 11 is 4.51. The molecule has 0 radical (unpaired) electrons. The Balaban J connectivity index is 2.30. The lowest BCUT2D eigenvalue weighted by Gasteiger charge is -2.23. The van der Waals surface area contributed by atoms with Gasteiger partial charge in [-0.3, -0.25) is 13.9 Å². The van der Waals surface area contributed by atoms with Gasteiger partial charge in [0.1, 0.15) is 5.84 Å². The fraction of sp³-hybridized carbons (Fsp3) is 0.556. The maximum absolute atomic E-state index is 12.0. The van der Waals surface area contributed by atoms with E-state index >= 15 is 0 Å². The molecule has 2 rings (SSSR count). The Labute approximate surface area is 106 Å². The van der Waals surface area contributed by atoms with Gasteiger partial charge in [-0.2, -0.15) is 5.10 Å². The van der Waals surface area contributed by atoms with Crippen LogP contribution >= 0.6 is 11.6 Å². The third-order valence-electron chi connectivity index (χ3n) is 2.52. The zero-order valence-corrected chi connectivity index (χ0v) is 11.0. The first kappa shape index (κ1) is 12.5. The standard InChI is InChI=1S/C9H12ClN3O3S/c1-5-7(10)9(16-17(2)15)13(8(5)14)6-3-4-11-12-6/h9,11H,3-4H2,1-2H3. The number of rotatable bonds is 2. The molecule has 2 atom stereocenters. The Hall–Kier alpha value is -0.920. The van der Waals surface area contributed by atoms with Crippen molar-refractivity contribution in [3.05, 3.63) is 10.6 Å². The zero-order chi connectivity index (χ0) is 12.6. The van der Waals surface area contributed by atoms with Crippen molar-refractivity contribution in [3.8, 4) is 0 Å². The highest BCUT2D eigenvalue weighted by Gasteiger charge is 2.41. The normalized spacial score (nSPS) is 26.3. The molecule has 2 unspecified atom stereocenters. The van der Waals surface area contributed by atoms with Crippen molar-refractivity contribution in [3.63, 3.8) is 0 Å². The van der Waals surface area contributed by atoms with Crippen molar-refractivity contribution in [2.45, 2.75) is 19.6 Å². The highest BCUT2D eigenvalue weighted by molar-refractivity contribution is 7.79. The molecule has 1 amide bonds. The molecule has 0 aromatic rings. The van der Waals surface area contributed by atoms with Crippen LogP contribution in [-0.2, 0) is 20.1 Å². The second-order valence-corrected chi connectivity index (χ2v) is 5.09. The van der Waals surface area contributed by atoms with Gasteiger partial charge in [-0.05, 0) is 6.92 Å². The fourth-order valence-corrected chi connectivity index (χ4v) is 2.41. The van der Waals surface area contributed by atoms with Gasteiger partial charge in [-0.15, -0.1) is 0 Å². The lowest BCUT2D eigenvalue weighted by Crippen LogP contribution is -2.41. The van der Waals surface area contributed by atoms with Crippen LogP contribution < -0.4 is 5.43 Å². The second-order valence-electron chi connectivity index (χ2n) is 3.68. The van der Waals surface area contributed by atoms with E-state index in [-0.39, 0.29) is 10.9 Å². The number of carbonyl (C=O) groups excluding carboxylic acids is 1. The number of carbonyl (C=O) groups is 1. The van der Waals surface area contributed by atoms with E-state index in [2.05, 4.69) is 10.5 Å². The summed E-state index contributed by atoms with van der Waals surface area (Å²) in [5, 5.41) is 4.27. The maximum Gasteiger partial charge on any atom is 0.258 e. The molecule has 2 heterocycles. The molecule has 2 aliphatic rings. The van der Waals surface area contributed by atoms with E-state index in [9.17, 15) is 9.00 Å². The molecule has 6 nitrogen and oxygen atoms in total. The second kappa shape index (κ2) is 4.75. The molecule has 0 aromatic heterocycles. The van der Waals surface area contributed by atoms with Crippen LogP contribution in [0.3, 0.4) is 0 Å². The number of hydrazone groups is 1. The third kappa shape index (κ3) is 2.22. The van der Waals surface area contributed by atoms with Gasteiger partial charge in [0.2, 0.25) is 0 Å². The third-order valence-corrected chi connectivity index (χ3v) is 3.45. The van der Waals surface area contributed by atoms with Crippen LogP contribution in [0.4, 0.5) is 0 Å². The summed E-state index contributed by atoms with van der Waals surface area (Å²) in [6.07, 6.45) is 1.17. The molecule has 94 valence electrons. The number of hydrogen-bond acceptors (Lipinski definition) is 5. The average molecular weight is 278 g/mol. The fourth-order valence-electron chi connectivity index (χ4n) is 1.70. The molecule has 0 fully saturated rings. The summed E-state index contributed by atoms with van der Waals surface area (Å²) in [5.74, 6) is 0.299. The minimum Gasteiger partial charge on any atom is -0.308 e. The summed E-state index contributed by atoms with van der Waals surface area (Å²) in [4.78, 5) is 13.3. The van der Waals surface area contributed by atoms with Crippen LogP contribution in [0.1, 0.15) is 13.3 Å². The first-order chi connectivity index (χ1) is 8.02. The molecule has 0 saturated carbocycles. The Bertz CT molecular complexity index is 449. The van der Waals surface area contributed by atoms with E-state index in [1.165, 1.54) is 11.2 Å². The topological polar surface area (TPSA) is 71.0 Å². The van der Waals surface area contributed by atoms with Gasteiger partial charge < -0.3 is 5.43 Å². The smallest absolute Gasteiger partial charge is 0.258 e. The lowest BCUT2D eigenvalue weighted by atomic mass is 10.3. The van der Waals surface area contributed by atoms with Crippen molar-refractivity contribution in [1.29, 1.82) is 0 Å². The Morgan fingerprint density at radius 3 is 2.88 bits per heavy atom. The number of nitrogens with one attached hydrogen (secondary N) is 1. The van der Waals surface area contributed by atoms with Crippen molar-refractivity contribution in [1.82, 2.24) is 10.3 Å². The maximum atomic E-state index is 12.0. The SMILES string of the molecule is CC1=C(Cl)C(OS(C)=O)N(C2=NNCC2)C1=O. The van der Waals surface area contributed by atoms with Crippen LogP contribution in [0.15, 0.2) is 15.7 Å². The predicted octanol–water partition coefficient (Wildman–Crippen LogP) is 0.284. The summed E-state index contributed by atoms with van der Waals surface area (Å²) in [6.45, 7) is 2.28. The van der Waals surface area contributed by atoms with Crippen molar-refractivity contribution < 1.29 is 13.2 Å². The highest BCUT2D eigenvalue weighted by atomic mass is 35.5. The van der Waals surface area contributed by atoms with Gasteiger partial charge in [-0.25, -0.2) is 4.21 Å². The number of amidine groups is 1. The molecular weight excluding hydrogens is 266 g/mol. The van der Waals surface area contributed by atoms with E-state index in [1.807, 2.05) is 0 Å². The van der Waals surface area contributed by atoms with Gasteiger partial charge in [-0.1, -0.05) is 11.6 Å². The number of halogens is 1. The number of hydrogen-bond donors (Lipinski definition) is 1. The molecule has 2 aliphatic heterocycles. The lowest BCUT2D eigenvalue weighted by molar-refractivity contribution is -0.125. The number of nitrogens with zero attached hydrogens (tertiary/aromatic N) is 2. The molecule has 8 heteroatoms. The van der Waals surface area contributed by atoms with E-state index in [0.29, 0.717) is 24.4 Å². The van der Waals surface area contributed by atoms with Gasteiger partial charge in [0.15, 0.2) is 17.3 Å². The molecule has 0 aromatic carbocycles. The Morgan fingerprint density at radius 2 is 2.35 bits per heavy atom.